The van der Waals surface area contributed by atoms with Crippen LogP contribution in [0.4, 0.5) is 0 Å². The van der Waals surface area contributed by atoms with Crippen molar-refractivity contribution in [2.45, 2.75) is 44.6 Å². The van der Waals surface area contributed by atoms with Gasteiger partial charge in [0.2, 0.25) is 5.56 Å². The van der Waals surface area contributed by atoms with Crippen LogP contribution < -0.4 is 5.56 Å². The number of pyridine rings is 1. The van der Waals surface area contributed by atoms with Gasteiger partial charge in [-0.1, -0.05) is 6.42 Å². The number of nitrogens with one attached hydrogen (secondary N) is 1. The number of likely N-dealkylation sites (tertiary alicyclic amines) is 1. The van der Waals surface area contributed by atoms with Crippen LogP contribution in [0.2, 0.25) is 0 Å². The molecule has 1 aliphatic carbocycles. The minimum Gasteiger partial charge on any atom is -0.335 e. The molecule has 2 atom stereocenters. The first kappa shape index (κ1) is 14.0. The number of carbonyl (C=O) groups is 2. The van der Waals surface area contributed by atoms with Crippen molar-refractivity contribution in [3.63, 3.8) is 0 Å². The van der Waals surface area contributed by atoms with Crippen LogP contribution in [0.25, 0.3) is 0 Å². The molecule has 0 radical (unpaired) electrons. The Balaban J connectivity index is 1.80. The molecule has 0 bridgehead atoms. The van der Waals surface area contributed by atoms with Gasteiger partial charge in [-0.2, -0.15) is 0 Å². The second kappa shape index (κ2) is 5.84. The Kier molecular flexibility index (Phi) is 3.90. The van der Waals surface area contributed by atoms with E-state index in [2.05, 4.69) is 4.98 Å². The number of ketones is 1. The summed E-state index contributed by atoms with van der Waals surface area (Å²) < 4.78 is 0. The molecular formula is C16H20N2O3. The summed E-state index contributed by atoms with van der Waals surface area (Å²) in [7, 11) is 0. The van der Waals surface area contributed by atoms with Crippen LogP contribution in [0.15, 0.2) is 23.1 Å². The van der Waals surface area contributed by atoms with Gasteiger partial charge in [0.15, 0.2) is 0 Å². The van der Waals surface area contributed by atoms with Crippen LogP contribution in [-0.2, 0) is 4.79 Å². The lowest BCUT2D eigenvalue weighted by Crippen LogP contribution is -2.43. The molecule has 112 valence electrons. The number of carbonyl (C=O) groups excluding carboxylic acids is 2. The van der Waals surface area contributed by atoms with E-state index in [9.17, 15) is 14.4 Å². The molecule has 0 aromatic carbocycles. The molecule has 2 fully saturated rings. The van der Waals surface area contributed by atoms with Crippen molar-refractivity contribution in [3.8, 4) is 0 Å². The highest BCUT2D eigenvalue weighted by Crippen LogP contribution is 2.33. The SMILES string of the molecule is O=C1CCCCC1C1CCCN1C(=O)c1ccc(=O)[nH]c1. The second-order valence-corrected chi connectivity index (χ2v) is 5.97. The Hall–Kier alpha value is -1.91. The predicted octanol–water partition coefficient (Wildman–Crippen LogP) is 1.74. The number of Topliss-reactive ketones (excluding diaryl/α,β-unsaturated/α-hetero) is 1. The molecule has 1 saturated heterocycles. The fourth-order valence-corrected chi connectivity index (χ4v) is 3.59. The molecule has 1 N–H and O–H groups in total. The minimum atomic E-state index is -0.216. The third kappa shape index (κ3) is 2.77. The number of nitrogens with zero attached hydrogens (tertiary/aromatic N) is 1. The molecule has 1 amide bonds. The maximum absolute atomic E-state index is 12.6. The second-order valence-electron chi connectivity index (χ2n) is 5.97. The molecule has 3 rings (SSSR count). The lowest BCUT2D eigenvalue weighted by Gasteiger charge is -2.33. The number of hydrogen-bond donors (Lipinski definition) is 1. The number of aromatic amines is 1. The first-order chi connectivity index (χ1) is 10.2. The van der Waals surface area contributed by atoms with E-state index in [1.165, 1.54) is 12.3 Å². The van der Waals surface area contributed by atoms with Gasteiger partial charge < -0.3 is 9.88 Å². The summed E-state index contributed by atoms with van der Waals surface area (Å²) in [4.78, 5) is 40.2. The van der Waals surface area contributed by atoms with Gasteiger partial charge in [-0.3, -0.25) is 14.4 Å². The zero-order chi connectivity index (χ0) is 14.8. The topological polar surface area (TPSA) is 70.2 Å². The third-order valence-corrected chi connectivity index (χ3v) is 4.66. The van der Waals surface area contributed by atoms with Gasteiger partial charge in [0.05, 0.1) is 5.56 Å². The fraction of sp³-hybridized carbons (Fsp3) is 0.562. The largest absolute Gasteiger partial charge is 0.335 e. The van der Waals surface area contributed by atoms with Gasteiger partial charge in [0, 0.05) is 37.2 Å². The van der Waals surface area contributed by atoms with E-state index in [0.717, 1.165) is 32.1 Å². The van der Waals surface area contributed by atoms with Crippen molar-refractivity contribution in [3.05, 3.63) is 34.2 Å². The van der Waals surface area contributed by atoms with Gasteiger partial charge in [0.25, 0.3) is 5.91 Å². The van der Waals surface area contributed by atoms with Crippen molar-refractivity contribution in [2.24, 2.45) is 5.92 Å². The molecular weight excluding hydrogens is 268 g/mol. The summed E-state index contributed by atoms with van der Waals surface area (Å²) in [6, 6.07) is 2.96. The Morgan fingerprint density at radius 3 is 2.71 bits per heavy atom. The minimum absolute atomic E-state index is 0.00737. The van der Waals surface area contributed by atoms with Crippen LogP contribution in [0, 0.1) is 5.92 Å². The molecule has 2 heterocycles. The standard InChI is InChI=1S/C16H20N2O3/c19-14-6-2-1-4-12(14)13-5-3-9-18(13)16(21)11-7-8-15(20)17-10-11/h7-8,10,12-13H,1-6,9H2,(H,17,20). The van der Waals surface area contributed by atoms with E-state index in [1.54, 1.807) is 6.07 Å². The van der Waals surface area contributed by atoms with Crippen LogP contribution in [-0.4, -0.2) is 34.2 Å². The zero-order valence-corrected chi connectivity index (χ0v) is 12.0. The lowest BCUT2D eigenvalue weighted by molar-refractivity contribution is -0.126. The lowest BCUT2D eigenvalue weighted by atomic mass is 9.81. The molecule has 0 spiro atoms. The van der Waals surface area contributed by atoms with Crippen LogP contribution >= 0.6 is 0 Å². The van der Waals surface area contributed by atoms with Crippen molar-refractivity contribution >= 4 is 11.7 Å². The third-order valence-electron chi connectivity index (χ3n) is 4.66. The quantitative estimate of drug-likeness (QED) is 0.901. The summed E-state index contributed by atoms with van der Waals surface area (Å²) in [6.07, 6.45) is 6.93. The maximum Gasteiger partial charge on any atom is 0.255 e. The predicted molar refractivity (Wildman–Crippen MR) is 78.1 cm³/mol. The Labute approximate surface area is 123 Å². The van der Waals surface area contributed by atoms with E-state index in [4.69, 9.17) is 0 Å². The van der Waals surface area contributed by atoms with Crippen molar-refractivity contribution in [2.75, 3.05) is 6.54 Å². The normalized spacial score (nSPS) is 26.1. The molecule has 2 unspecified atom stereocenters. The average molecular weight is 288 g/mol. The average Bonchev–Trinajstić information content (AvgIpc) is 2.97. The van der Waals surface area contributed by atoms with E-state index >= 15 is 0 Å². The van der Waals surface area contributed by atoms with Crippen LogP contribution in [0.1, 0.15) is 48.9 Å². The Morgan fingerprint density at radius 1 is 1.14 bits per heavy atom. The number of rotatable bonds is 2. The summed E-state index contributed by atoms with van der Waals surface area (Å²) in [5.74, 6) is 0.243. The van der Waals surface area contributed by atoms with Crippen molar-refractivity contribution < 1.29 is 9.59 Å². The van der Waals surface area contributed by atoms with E-state index in [0.29, 0.717) is 24.3 Å². The summed E-state index contributed by atoms with van der Waals surface area (Å²) in [5, 5.41) is 0. The molecule has 1 saturated carbocycles. The molecule has 1 aromatic heterocycles. The van der Waals surface area contributed by atoms with Crippen molar-refractivity contribution in [1.29, 1.82) is 0 Å². The molecule has 1 aromatic rings. The monoisotopic (exact) mass is 288 g/mol. The first-order valence-corrected chi connectivity index (χ1v) is 7.69. The van der Waals surface area contributed by atoms with Gasteiger partial charge in [-0.05, 0) is 31.7 Å². The van der Waals surface area contributed by atoms with Gasteiger partial charge >= 0.3 is 0 Å². The van der Waals surface area contributed by atoms with Gasteiger partial charge in [-0.15, -0.1) is 0 Å². The highest BCUT2D eigenvalue weighted by molar-refractivity contribution is 5.95. The molecule has 2 aliphatic rings. The maximum atomic E-state index is 12.6. The molecule has 5 nitrogen and oxygen atoms in total. The highest BCUT2D eigenvalue weighted by Gasteiger charge is 2.39. The summed E-state index contributed by atoms with van der Waals surface area (Å²) in [6.45, 7) is 0.701. The Morgan fingerprint density at radius 2 is 2.00 bits per heavy atom. The van der Waals surface area contributed by atoms with E-state index < -0.39 is 0 Å². The molecule has 21 heavy (non-hydrogen) atoms. The number of amides is 1. The highest BCUT2D eigenvalue weighted by atomic mass is 16.2. The van der Waals surface area contributed by atoms with Gasteiger partial charge in [-0.25, -0.2) is 0 Å². The van der Waals surface area contributed by atoms with E-state index in [1.807, 2.05) is 4.90 Å². The summed E-state index contributed by atoms with van der Waals surface area (Å²) >= 11 is 0. The van der Waals surface area contributed by atoms with E-state index in [-0.39, 0.29) is 23.4 Å². The Bertz CT molecular complexity index is 587. The molecule has 1 aliphatic heterocycles. The van der Waals surface area contributed by atoms with Crippen LogP contribution in [0.3, 0.4) is 0 Å². The molecule has 5 heteroatoms. The van der Waals surface area contributed by atoms with Crippen molar-refractivity contribution in [1.82, 2.24) is 9.88 Å². The zero-order valence-electron chi connectivity index (χ0n) is 12.0. The number of H-pyrrole nitrogens is 1. The fourth-order valence-electron chi connectivity index (χ4n) is 3.59. The smallest absolute Gasteiger partial charge is 0.255 e. The van der Waals surface area contributed by atoms with Crippen LogP contribution in [0.5, 0.6) is 0 Å². The van der Waals surface area contributed by atoms with Gasteiger partial charge in [0.1, 0.15) is 5.78 Å². The first-order valence-electron chi connectivity index (χ1n) is 7.69. The number of aromatic nitrogens is 1. The number of hydrogen-bond acceptors (Lipinski definition) is 3. The summed E-state index contributed by atoms with van der Waals surface area (Å²) in [5.41, 5.74) is 0.275.